The molecule has 4 aromatic carbocycles. The van der Waals surface area contributed by atoms with Crippen LogP contribution >= 0.6 is 0 Å². The molecule has 0 aromatic heterocycles. The van der Waals surface area contributed by atoms with Crippen molar-refractivity contribution >= 4 is 18.1 Å². The lowest BCUT2D eigenvalue weighted by Gasteiger charge is -2.10. The lowest BCUT2D eigenvalue weighted by molar-refractivity contribution is 0.0729. The Balaban J connectivity index is 1.30. The maximum atomic E-state index is 12.6. The van der Waals surface area contributed by atoms with Gasteiger partial charge in [0.15, 0.2) is 11.5 Å². The number of aryl methyl sites for hydroxylation is 1. The van der Waals surface area contributed by atoms with Crippen molar-refractivity contribution in [1.82, 2.24) is 5.43 Å². The van der Waals surface area contributed by atoms with Crippen LogP contribution in [0.2, 0.25) is 0 Å². The largest absolute Gasteiger partial charge is 0.494 e. The van der Waals surface area contributed by atoms with Gasteiger partial charge in [0.25, 0.3) is 5.91 Å². The summed E-state index contributed by atoms with van der Waals surface area (Å²) < 4.78 is 22.3. The number of nitrogens with one attached hydrogen (secondary N) is 1. The van der Waals surface area contributed by atoms with E-state index in [4.69, 9.17) is 18.9 Å². The van der Waals surface area contributed by atoms with E-state index < -0.39 is 5.97 Å². The van der Waals surface area contributed by atoms with Gasteiger partial charge in [-0.15, -0.1) is 0 Å². The van der Waals surface area contributed by atoms with Gasteiger partial charge in [0.05, 0.1) is 25.5 Å². The Kier molecular flexibility index (Phi) is 10.1. The third kappa shape index (κ3) is 8.44. The van der Waals surface area contributed by atoms with Gasteiger partial charge in [-0.2, -0.15) is 5.10 Å². The summed E-state index contributed by atoms with van der Waals surface area (Å²) in [6.07, 6.45) is 2.37. The van der Waals surface area contributed by atoms with Gasteiger partial charge >= 0.3 is 5.97 Å². The first-order valence-corrected chi connectivity index (χ1v) is 13.2. The minimum absolute atomic E-state index is 0.259. The molecule has 0 unspecified atom stereocenters. The van der Waals surface area contributed by atoms with E-state index in [2.05, 4.69) is 10.5 Å². The van der Waals surface area contributed by atoms with E-state index in [1.807, 2.05) is 38.1 Å². The zero-order chi connectivity index (χ0) is 29.0. The van der Waals surface area contributed by atoms with Gasteiger partial charge in [-0.3, -0.25) is 4.79 Å². The lowest BCUT2D eigenvalue weighted by atomic mass is 10.2. The summed E-state index contributed by atoms with van der Waals surface area (Å²) in [5, 5.41) is 4.04. The molecule has 0 heterocycles. The van der Waals surface area contributed by atoms with Crippen LogP contribution in [0.3, 0.4) is 0 Å². The molecule has 210 valence electrons. The molecule has 1 N–H and O–H groups in total. The van der Waals surface area contributed by atoms with Crippen LogP contribution in [-0.2, 0) is 6.61 Å². The minimum Gasteiger partial charge on any atom is -0.494 e. The average Bonchev–Trinajstić information content (AvgIpc) is 3.00. The standard InChI is InChI=1S/C33H32N2O6/c1-4-19-39-28-16-12-27(13-17-28)33(37)41-30-18-9-25(20-31(30)38-3)21-34-35-32(36)26-10-14-29(15-11-26)40-22-24-7-5-23(2)6-8-24/h5-18,20-21H,4,19,22H2,1-3H3,(H,35,36). The molecule has 0 radical (unpaired) electrons. The van der Waals surface area contributed by atoms with Crippen molar-refractivity contribution in [3.8, 4) is 23.0 Å². The SMILES string of the molecule is CCCOc1ccc(C(=O)Oc2ccc(C=NNC(=O)c3ccc(OCc4ccc(C)cc4)cc3)cc2OC)cc1. The quantitative estimate of drug-likeness (QED) is 0.0952. The third-order valence-corrected chi connectivity index (χ3v) is 5.98. The second-order valence-corrected chi connectivity index (χ2v) is 9.17. The Morgan fingerprint density at radius 1 is 0.805 bits per heavy atom. The normalized spacial score (nSPS) is 10.7. The zero-order valence-electron chi connectivity index (χ0n) is 23.3. The van der Waals surface area contributed by atoms with Crippen molar-refractivity contribution in [2.75, 3.05) is 13.7 Å². The number of nitrogens with zero attached hydrogens (tertiary/aromatic N) is 1. The summed E-state index contributed by atoms with van der Waals surface area (Å²) in [7, 11) is 1.48. The van der Waals surface area contributed by atoms with E-state index in [9.17, 15) is 9.59 Å². The number of hydrazone groups is 1. The van der Waals surface area contributed by atoms with Crippen LogP contribution in [0.1, 0.15) is 50.8 Å². The summed E-state index contributed by atoms with van der Waals surface area (Å²) in [4.78, 5) is 25.1. The van der Waals surface area contributed by atoms with Crippen LogP contribution in [0.15, 0.2) is 96.1 Å². The molecule has 0 spiro atoms. The van der Waals surface area contributed by atoms with Crippen molar-refractivity contribution < 1.29 is 28.5 Å². The molecular weight excluding hydrogens is 520 g/mol. The molecule has 0 atom stereocenters. The highest BCUT2D eigenvalue weighted by molar-refractivity contribution is 5.95. The highest BCUT2D eigenvalue weighted by Gasteiger charge is 2.13. The van der Waals surface area contributed by atoms with E-state index >= 15 is 0 Å². The number of esters is 1. The van der Waals surface area contributed by atoms with Gasteiger partial charge in [0, 0.05) is 5.56 Å². The number of carbonyl (C=O) groups excluding carboxylic acids is 2. The molecule has 0 aliphatic heterocycles. The molecular formula is C33H32N2O6. The van der Waals surface area contributed by atoms with Crippen LogP contribution < -0.4 is 24.4 Å². The van der Waals surface area contributed by atoms with Crippen LogP contribution in [-0.4, -0.2) is 31.8 Å². The summed E-state index contributed by atoms with van der Waals surface area (Å²) in [5.74, 6) is 1.07. The van der Waals surface area contributed by atoms with Crippen molar-refractivity contribution in [2.24, 2.45) is 5.10 Å². The average molecular weight is 553 g/mol. The van der Waals surface area contributed by atoms with Gasteiger partial charge in [-0.1, -0.05) is 36.8 Å². The molecule has 0 bridgehead atoms. The highest BCUT2D eigenvalue weighted by Crippen LogP contribution is 2.28. The van der Waals surface area contributed by atoms with E-state index in [1.165, 1.54) is 18.9 Å². The molecule has 4 aromatic rings. The molecule has 1 amide bonds. The molecule has 0 saturated carbocycles. The molecule has 8 nitrogen and oxygen atoms in total. The lowest BCUT2D eigenvalue weighted by Crippen LogP contribution is -2.17. The van der Waals surface area contributed by atoms with Crippen LogP contribution in [0.25, 0.3) is 0 Å². The number of hydrogen-bond donors (Lipinski definition) is 1. The first-order valence-electron chi connectivity index (χ1n) is 13.2. The number of rotatable bonds is 12. The first-order chi connectivity index (χ1) is 19.9. The van der Waals surface area contributed by atoms with Crippen molar-refractivity contribution in [3.63, 3.8) is 0 Å². The van der Waals surface area contributed by atoms with Gasteiger partial charge in [-0.05, 0) is 91.2 Å². The Morgan fingerprint density at radius 2 is 1.46 bits per heavy atom. The smallest absolute Gasteiger partial charge is 0.343 e. The maximum Gasteiger partial charge on any atom is 0.343 e. The number of methoxy groups -OCH3 is 1. The molecule has 0 aliphatic rings. The molecule has 0 aliphatic carbocycles. The molecule has 8 heteroatoms. The van der Waals surface area contributed by atoms with E-state index in [0.29, 0.717) is 47.2 Å². The monoisotopic (exact) mass is 552 g/mol. The van der Waals surface area contributed by atoms with Crippen molar-refractivity contribution in [1.29, 1.82) is 0 Å². The van der Waals surface area contributed by atoms with Gasteiger partial charge in [0.1, 0.15) is 18.1 Å². The summed E-state index contributed by atoms with van der Waals surface area (Å²) >= 11 is 0. The Morgan fingerprint density at radius 3 is 2.12 bits per heavy atom. The number of benzene rings is 4. The topological polar surface area (TPSA) is 95.5 Å². The van der Waals surface area contributed by atoms with E-state index in [1.54, 1.807) is 66.7 Å². The molecule has 41 heavy (non-hydrogen) atoms. The van der Waals surface area contributed by atoms with Crippen LogP contribution in [0.4, 0.5) is 0 Å². The third-order valence-electron chi connectivity index (χ3n) is 5.98. The minimum atomic E-state index is -0.523. The van der Waals surface area contributed by atoms with Gasteiger partial charge < -0.3 is 18.9 Å². The Bertz CT molecular complexity index is 1480. The van der Waals surface area contributed by atoms with Crippen LogP contribution in [0.5, 0.6) is 23.0 Å². The highest BCUT2D eigenvalue weighted by atomic mass is 16.6. The predicted octanol–water partition coefficient (Wildman–Crippen LogP) is 6.35. The fraction of sp³-hybridized carbons (Fsp3) is 0.182. The fourth-order valence-corrected chi connectivity index (χ4v) is 3.70. The first kappa shape index (κ1) is 28.9. The molecule has 0 fully saturated rings. The fourth-order valence-electron chi connectivity index (χ4n) is 3.70. The Hall–Kier alpha value is -5.11. The second kappa shape index (κ2) is 14.3. The molecule has 4 rings (SSSR count). The number of carbonyl (C=O) groups is 2. The van der Waals surface area contributed by atoms with E-state index in [0.717, 1.165) is 12.0 Å². The second-order valence-electron chi connectivity index (χ2n) is 9.17. The molecule has 0 saturated heterocycles. The summed E-state index contributed by atoms with van der Waals surface area (Å²) in [6.45, 7) is 5.12. The Labute approximate surface area is 239 Å². The number of amides is 1. The summed E-state index contributed by atoms with van der Waals surface area (Å²) in [5.41, 5.74) is 6.23. The maximum absolute atomic E-state index is 12.6. The summed E-state index contributed by atoms with van der Waals surface area (Å²) in [6, 6.07) is 26.7. The van der Waals surface area contributed by atoms with Crippen molar-refractivity contribution in [2.45, 2.75) is 26.9 Å². The zero-order valence-corrected chi connectivity index (χ0v) is 23.3. The number of ether oxygens (including phenoxy) is 4. The van der Waals surface area contributed by atoms with Gasteiger partial charge in [-0.25, -0.2) is 10.2 Å². The van der Waals surface area contributed by atoms with E-state index in [-0.39, 0.29) is 11.7 Å². The van der Waals surface area contributed by atoms with Crippen molar-refractivity contribution in [3.05, 3.63) is 119 Å². The number of hydrogen-bond acceptors (Lipinski definition) is 7. The van der Waals surface area contributed by atoms with Gasteiger partial charge in [0.2, 0.25) is 0 Å². The van der Waals surface area contributed by atoms with Crippen LogP contribution in [0, 0.1) is 6.92 Å². The predicted molar refractivity (Wildman–Crippen MR) is 157 cm³/mol.